The van der Waals surface area contributed by atoms with Crippen molar-refractivity contribution >= 4 is 11.8 Å². The molecule has 1 aliphatic heterocycles. The van der Waals surface area contributed by atoms with Gasteiger partial charge in [-0.05, 0) is 38.6 Å². The van der Waals surface area contributed by atoms with E-state index in [1.807, 2.05) is 14.0 Å². The first kappa shape index (κ1) is 19.2. The fraction of sp³-hybridized carbons (Fsp3) is 0.556. The van der Waals surface area contributed by atoms with Crippen molar-refractivity contribution < 1.29 is 19.4 Å². The number of rotatable bonds is 7. The molecule has 2 N–H and O–H groups in total. The van der Waals surface area contributed by atoms with Crippen molar-refractivity contribution in [1.29, 1.82) is 0 Å². The normalized spacial score (nSPS) is 20.0. The Kier molecular flexibility index (Phi) is 6.78. The summed E-state index contributed by atoms with van der Waals surface area (Å²) in [5.41, 5.74) is 0.460. The highest BCUT2D eigenvalue weighted by atomic mass is 16.5. The van der Waals surface area contributed by atoms with Crippen LogP contribution in [0.1, 0.15) is 23.7 Å². The topological polar surface area (TPSA) is 82.1 Å². The number of hydrogen-bond acceptors (Lipinski definition) is 5. The molecule has 1 heterocycles. The number of amides is 2. The van der Waals surface area contributed by atoms with Crippen molar-refractivity contribution in [2.24, 2.45) is 0 Å². The summed E-state index contributed by atoms with van der Waals surface area (Å²) in [6, 6.07) is 7.10. The highest BCUT2D eigenvalue weighted by Crippen LogP contribution is 2.21. The summed E-state index contributed by atoms with van der Waals surface area (Å²) >= 11 is 0. The lowest BCUT2D eigenvalue weighted by atomic mass is 10.1. The summed E-state index contributed by atoms with van der Waals surface area (Å²) in [6.45, 7) is 3.33. The van der Waals surface area contributed by atoms with Crippen LogP contribution in [0.2, 0.25) is 0 Å². The van der Waals surface area contributed by atoms with Crippen LogP contribution in [0.25, 0.3) is 0 Å². The number of methoxy groups -OCH3 is 1. The Balaban J connectivity index is 1.88. The zero-order valence-electron chi connectivity index (χ0n) is 15.1. The average Bonchev–Trinajstić information content (AvgIpc) is 3.01. The minimum Gasteiger partial charge on any atom is -0.497 e. The van der Waals surface area contributed by atoms with Crippen molar-refractivity contribution in [2.45, 2.75) is 25.4 Å². The number of ether oxygens (including phenoxy) is 1. The van der Waals surface area contributed by atoms with E-state index in [-0.39, 0.29) is 37.0 Å². The molecule has 0 bridgehead atoms. The van der Waals surface area contributed by atoms with Gasteiger partial charge in [0.2, 0.25) is 5.91 Å². The lowest BCUT2D eigenvalue weighted by Gasteiger charge is -2.30. The average molecular weight is 349 g/mol. The van der Waals surface area contributed by atoms with Gasteiger partial charge in [0.1, 0.15) is 5.75 Å². The molecule has 0 saturated carbocycles. The van der Waals surface area contributed by atoms with Crippen molar-refractivity contribution in [3.05, 3.63) is 29.8 Å². The predicted molar refractivity (Wildman–Crippen MR) is 94.6 cm³/mol. The molecule has 2 atom stereocenters. The third kappa shape index (κ3) is 4.70. The lowest BCUT2D eigenvalue weighted by Crippen LogP contribution is -2.47. The maximum Gasteiger partial charge on any atom is 0.251 e. The van der Waals surface area contributed by atoms with Gasteiger partial charge in [-0.1, -0.05) is 6.07 Å². The molecule has 25 heavy (non-hydrogen) atoms. The second-order valence-electron chi connectivity index (χ2n) is 6.30. The molecule has 1 aromatic rings. The molecule has 0 aromatic heterocycles. The van der Waals surface area contributed by atoms with Crippen molar-refractivity contribution in [3.63, 3.8) is 0 Å². The second-order valence-corrected chi connectivity index (χ2v) is 6.30. The standard InChI is InChI=1S/C18H27N3O4/c1-13-16(20(2)9-10-22)7-8-21(13)17(23)12-19-18(24)14-5-4-6-15(11-14)25-3/h4-6,11,13,16,22H,7-10,12H2,1-3H3,(H,19,24)/t13-,16-/m1/s1. The second kappa shape index (κ2) is 8.82. The van der Waals surface area contributed by atoms with E-state index < -0.39 is 0 Å². The minimum atomic E-state index is -0.298. The SMILES string of the molecule is COc1cccc(C(=O)NCC(=O)N2CC[C@@H](N(C)CCO)[C@H]2C)c1. The third-order valence-corrected chi connectivity index (χ3v) is 4.79. The largest absolute Gasteiger partial charge is 0.497 e. The molecular weight excluding hydrogens is 322 g/mol. The molecule has 7 heteroatoms. The van der Waals surface area contributed by atoms with Gasteiger partial charge in [0.25, 0.3) is 5.91 Å². The monoisotopic (exact) mass is 349 g/mol. The molecule has 2 rings (SSSR count). The van der Waals surface area contributed by atoms with E-state index in [2.05, 4.69) is 10.2 Å². The predicted octanol–water partition coefficient (Wildman–Crippen LogP) is 0.339. The highest BCUT2D eigenvalue weighted by Gasteiger charge is 2.35. The van der Waals surface area contributed by atoms with Gasteiger partial charge in [0.15, 0.2) is 0 Å². The molecule has 1 fully saturated rings. The van der Waals surface area contributed by atoms with E-state index in [4.69, 9.17) is 9.84 Å². The van der Waals surface area contributed by atoms with Gasteiger partial charge in [-0.25, -0.2) is 0 Å². The van der Waals surface area contributed by atoms with Crippen molar-refractivity contribution in [3.8, 4) is 5.75 Å². The Morgan fingerprint density at radius 1 is 1.44 bits per heavy atom. The number of aliphatic hydroxyl groups is 1. The molecule has 0 aliphatic carbocycles. The van der Waals surface area contributed by atoms with E-state index in [0.29, 0.717) is 24.4 Å². The Hall–Kier alpha value is -2.12. The highest BCUT2D eigenvalue weighted by molar-refractivity contribution is 5.96. The fourth-order valence-corrected chi connectivity index (χ4v) is 3.31. The van der Waals surface area contributed by atoms with Crippen LogP contribution >= 0.6 is 0 Å². The summed E-state index contributed by atoms with van der Waals surface area (Å²) in [5, 5.41) is 11.7. The van der Waals surface area contributed by atoms with Gasteiger partial charge in [-0.3, -0.25) is 14.5 Å². The third-order valence-electron chi connectivity index (χ3n) is 4.79. The van der Waals surface area contributed by atoms with E-state index in [0.717, 1.165) is 6.42 Å². The number of hydrogen-bond donors (Lipinski definition) is 2. The maximum absolute atomic E-state index is 12.5. The minimum absolute atomic E-state index is 0.0309. The molecule has 0 spiro atoms. The molecule has 1 saturated heterocycles. The quantitative estimate of drug-likeness (QED) is 0.742. The number of nitrogens with one attached hydrogen (secondary N) is 1. The Labute approximate surface area is 148 Å². The summed E-state index contributed by atoms with van der Waals surface area (Å²) in [7, 11) is 3.50. The molecule has 138 valence electrons. The van der Waals surface area contributed by atoms with Gasteiger partial charge in [-0.2, -0.15) is 0 Å². The van der Waals surface area contributed by atoms with Crippen LogP contribution in [0.4, 0.5) is 0 Å². The van der Waals surface area contributed by atoms with Crippen LogP contribution in [0.3, 0.4) is 0 Å². The maximum atomic E-state index is 12.5. The fourth-order valence-electron chi connectivity index (χ4n) is 3.31. The molecule has 0 unspecified atom stereocenters. The molecule has 1 aliphatic rings. The zero-order chi connectivity index (χ0) is 18.4. The van der Waals surface area contributed by atoms with E-state index in [1.165, 1.54) is 0 Å². The molecule has 0 radical (unpaired) electrons. The summed E-state index contributed by atoms with van der Waals surface area (Å²) < 4.78 is 5.10. The van der Waals surface area contributed by atoms with Crippen LogP contribution in [0.5, 0.6) is 5.75 Å². The molecule has 2 amide bonds. The van der Waals surface area contributed by atoms with Crippen LogP contribution in [-0.2, 0) is 4.79 Å². The van der Waals surface area contributed by atoms with Gasteiger partial charge < -0.3 is 20.1 Å². The number of nitrogens with zero attached hydrogens (tertiary/aromatic N) is 2. The number of benzene rings is 1. The van der Waals surface area contributed by atoms with E-state index >= 15 is 0 Å². The summed E-state index contributed by atoms with van der Waals surface area (Å²) in [4.78, 5) is 28.5. The van der Waals surface area contributed by atoms with Gasteiger partial charge in [0.05, 0.1) is 20.3 Å². The summed E-state index contributed by atoms with van der Waals surface area (Å²) in [5.74, 6) is 0.207. The number of likely N-dealkylation sites (N-methyl/N-ethyl adjacent to an activating group) is 1. The number of carbonyl (C=O) groups is 2. The first-order chi connectivity index (χ1) is 12.0. The lowest BCUT2D eigenvalue weighted by molar-refractivity contribution is -0.131. The number of likely N-dealkylation sites (tertiary alicyclic amines) is 1. The first-order valence-electron chi connectivity index (χ1n) is 8.50. The van der Waals surface area contributed by atoms with Crippen LogP contribution in [0, 0.1) is 0 Å². The Bertz CT molecular complexity index is 608. The first-order valence-corrected chi connectivity index (χ1v) is 8.50. The van der Waals surface area contributed by atoms with Crippen LogP contribution in [-0.4, -0.2) is 79.2 Å². The smallest absolute Gasteiger partial charge is 0.251 e. The number of carbonyl (C=O) groups excluding carboxylic acids is 2. The van der Waals surface area contributed by atoms with E-state index in [9.17, 15) is 9.59 Å². The van der Waals surface area contributed by atoms with Crippen LogP contribution < -0.4 is 10.1 Å². The zero-order valence-corrected chi connectivity index (χ0v) is 15.1. The number of aliphatic hydroxyl groups excluding tert-OH is 1. The van der Waals surface area contributed by atoms with Gasteiger partial charge in [0, 0.05) is 30.7 Å². The van der Waals surface area contributed by atoms with Crippen molar-refractivity contribution in [2.75, 3.05) is 40.4 Å². The molecule has 1 aromatic carbocycles. The van der Waals surface area contributed by atoms with Gasteiger partial charge >= 0.3 is 0 Å². The van der Waals surface area contributed by atoms with E-state index in [1.54, 1.807) is 36.3 Å². The van der Waals surface area contributed by atoms with Crippen LogP contribution in [0.15, 0.2) is 24.3 Å². The summed E-state index contributed by atoms with van der Waals surface area (Å²) in [6.07, 6.45) is 0.868. The molecular formula is C18H27N3O4. The Morgan fingerprint density at radius 3 is 2.88 bits per heavy atom. The van der Waals surface area contributed by atoms with Gasteiger partial charge in [-0.15, -0.1) is 0 Å². The van der Waals surface area contributed by atoms with Crippen molar-refractivity contribution in [1.82, 2.24) is 15.1 Å². The molecule has 7 nitrogen and oxygen atoms in total. The Morgan fingerprint density at radius 2 is 2.20 bits per heavy atom.